The number of benzene rings is 1. The van der Waals surface area contributed by atoms with Gasteiger partial charge in [0.15, 0.2) is 5.96 Å². The van der Waals surface area contributed by atoms with Crippen molar-refractivity contribution < 1.29 is 17.9 Å². The molecule has 120 valence electrons. The maximum absolute atomic E-state index is 12.5. The van der Waals surface area contributed by atoms with Crippen LogP contribution in [0.4, 0.5) is 13.2 Å². The maximum atomic E-state index is 12.5. The lowest BCUT2D eigenvalue weighted by molar-refractivity contribution is -0.137. The number of rotatable bonds is 5. The van der Waals surface area contributed by atoms with Gasteiger partial charge in [0.25, 0.3) is 0 Å². The smallest absolute Gasteiger partial charge is 0.383 e. The molecule has 21 heavy (non-hydrogen) atoms. The van der Waals surface area contributed by atoms with E-state index in [2.05, 4.69) is 10.3 Å². The molecular formula is C13H19F3IN3O. The SMILES string of the molecule is COCC(C)NC(N)=NCc1cccc(C(F)(F)F)c1.I. The number of aliphatic imine (C=N–C) groups is 1. The lowest BCUT2D eigenvalue weighted by Gasteiger charge is -2.13. The number of nitrogens with zero attached hydrogens (tertiary/aromatic N) is 1. The molecule has 1 aromatic carbocycles. The Hall–Kier alpha value is -1.03. The van der Waals surface area contributed by atoms with E-state index >= 15 is 0 Å². The molecule has 0 spiro atoms. The Labute approximate surface area is 139 Å². The number of hydrogen-bond donors (Lipinski definition) is 2. The van der Waals surface area contributed by atoms with Gasteiger partial charge in [0.1, 0.15) is 0 Å². The topological polar surface area (TPSA) is 59.6 Å². The van der Waals surface area contributed by atoms with Crippen molar-refractivity contribution in [1.29, 1.82) is 0 Å². The third-order valence-corrected chi connectivity index (χ3v) is 2.50. The van der Waals surface area contributed by atoms with Crippen molar-refractivity contribution in [2.24, 2.45) is 10.7 Å². The Kier molecular flexibility index (Phi) is 8.64. The van der Waals surface area contributed by atoms with Crippen molar-refractivity contribution in [1.82, 2.24) is 5.32 Å². The van der Waals surface area contributed by atoms with Crippen molar-refractivity contribution >= 4 is 29.9 Å². The van der Waals surface area contributed by atoms with E-state index in [-0.39, 0.29) is 42.5 Å². The van der Waals surface area contributed by atoms with E-state index in [4.69, 9.17) is 10.5 Å². The molecule has 0 amide bonds. The zero-order chi connectivity index (χ0) is 15.2. The summed E-state index contributed by atoms with van der Waals surface area (Å²) in [4.78, 5) is 4.00. The van der Waals surface area contributed by atoms with Crippen molar-refractivity contribution in [3.8, 4) is 0 Å². The molecule has 0 bridgehead atoms. The van der Waals surface area contributed by atoms with Gasteiger partial charge < -0.3 is 15.8 Å². The van der Waals surface area contributed by atoms with Crippen LogP contribution in [-0.2, 0) is 17.5 Å². The molecule has 0 fully saturated rings. The number of nitrogens with two attached hydrogens (primary N) is 1. The zero-order valence-electron chi connectivity index (χ0n) is 11.8. The van der Waals surface area contributed by atoms with Gasteiger partial charge in [-0.05, 0) is 24.6 Å². The minimum Gasteiger partial charge on any atom is -0.383 e. The monoisotopic (exact) mass is 417 g/mol. The molecular weight excluding hydrogens is 398 g/mol. The molecule has 4 nitrogen and oxygen atoms in total. The Morgan fingerprint density at radius 3 is 2.67 bits per heavy atom. The van der Waals surface area contributed by atoms with E-state index in [0.717, 1.165) is 12.1 Å². The Morgan fingerprint density at radius 1 is 1.43 bits per heavy atom. The van der Waals surface area contributed by atoms with Gasteiger partial charge in [0.2, 0.25) is 0 Å². The molecule has 0 saturated carbocycles. The second kappa shape index (κ2) is 9.08. The van der Waals surface area contributed by atoms with Crippen molar-refractivity contribution in [2.75, 3.05) is 13.7 Å². The summed E-state index contributed by atoms with van der Waals surface area (Å²) in [5, 5.41) is 2.88. The van der Waals surface area contributed by atoms with Crippen molar-refractivity contribution in [2.45, 2.75) is 25.7 Å². The van der Waals surface area contributed by atoms with Crippen LogP contribution in [0.5, 0.6) is 0 Å². The highest BCUT2D eigenvalue weighted by molar-refractivity contribution is 14.0. The summed E-state index contributed by atoms with van der Waals surface area (Å²) in [5.74, 6) is 0.173. The fourth-order valence-corrected chi connectivity index (χ4v) is 1.61. The average molecular weight is 417 g/mol. The number of methoxy groups -OCH3 is 1. The van der Waals surface area contributed by atoms with Gasteiger partial charge in [-0.2, -0.15) is 13.2 Å². The predicted molar refractivity (Wildman–Crippen MR) is 86.7 cm³/mol. The van der Waals surface area contributed by atoms with Crippen LogP contribution < -0.4 is 11.1 Å². The molecule has 3 N–H and O–H groups in total. The fourth-order valence-electron chi connectivity index (χ4n) is 1.61. The molecule has 1 aromatic rings. The second-order valence-corrected chi connectivity index (χ2v) is 4.40. The Balaban J connectivity index is 0.00000400. The first-order chi connectivity index (χ1) is 9.32. The minimum atomic E-state index is -4.35. The third kappa shape index (κ3) is 7.51. The van der Waals surface area contributed by atoms with E-state index in [9.17, 15) is 13.2 Å². The van der Waals surface area contributed by atoms with E-state index in [1.807, 2.05) is 6.92 Å². The zero-order valence-corrected chi connectivity index (χ0v) is 14.1. The van der Waals surface area contributed by atoms with Crippen molar-refractivity contribution in [3.05, 3.63) is 35.4 Å². The average Bonchev–Trinajstić information content (AvgIpc) is 2.36. The highest BCUT2D eigenvalue weighted by Gasteiger charge is 2.30. The van der Waals surface area contributed by atoms with Gasteiger partial charge >= 0.3 is 6.18 Å². The number of halogens is 4. The molecule has 8 heteroatoms. The second-order valence-electron chi connectivity index (χ2n) is 4.40. The largest absolute Gasteiger partial charge is 0.416 e. The number of nitrogens with one attached hydrogen (secondary N) is 1. The first-order valence-corrected chi connectivity index (χ1v) is 6.04. The number of hydrogen-bond acceptors (Lipinski definition) is 2. The summed E-state index contributed by atoms with van der Waals surface area (Å²) >= 11 is 0. The Morgan fingerprint density at radius 2 is 2.10 bits per heavy atom. The van der Waals surface area contributed by atoms with Gasteiger partial charge in [0, 0.05) is 13.2 Å². The molecule has 0 aromatic heterocycles. The Bertz CT molecular complexity index is 466. The minimum absolute atomic E-state index is 0. The van der Waals surface area contributed by atoms with Crippen LogP contribution in [0.3, 0.4) is 0 Å². The molecule has 0 aliphatic heterocycles. The summed E-state index contributed by atoms with van der Waals surface area (Å²) in [6, 6.07) is 4.99. The van der Waals surface area contributed by atoms with Crippen LogP contribution in [-0.4, -0.2) is 25.7 Å². The molecule has 0 aliphatic rings. The molecule has 0 radical (unpaired) electrons. The maximum Gasteiger partial charge on any atom is 0.416 e. The van der Waals surface area contributed by atoms with E-state index in [1.54, 1.807) is 13.2 Å². The predicted octanol–water partition coefficient (Wildman–Crippen LogP) is 2.76. The molecule has 1 unspecified atom stereocenters. The summed E-state index contributed by atoms with van der Waals surface area (Å²) in [6.45, 7) is 2.40. The quantitative estimate of drug-likeness (QED) is 0.440. The molecule has 1 rings (SSSR count). The highest BCUT2D eigenvalue weighted by atomic mass is 127. The first kappa shape index (κ1) is 20.0. The lowest BCUT2D eigenvalue weighted by atomic mass is 10.1. The fraction of sp³-hybridized carbons (Fsp3) is 0.462. The summed E-state index contributed by atoms with van der Waals surface area (Å²) in [5.41, 5.74) is 5.40. The lowest BCUT2D eigenvalue weighted by Crippen LogP contribution is -2.40. The van der Waals surface area contributed by atoms with Crippen molar-refractivity contribution in [3.63, 3.8) is 0 Å². The van der Waals surface area contributed by atoms with E-state index in [0.29, 0.717) is 12.2 Å². The molecule has 0 saturated heterocycles. The van der Waals surface area contributed by atoms with Crippen LogP contribution in [0.1, 0.15) is 18.1 Å². The van der Waals surface area contributed by atoms with Crippen LogP contribution in [0.2, 0.25) is 0 Å². The van der Waals surface area contributed by atoms with Crippen LogP contribution >= 0.6 is 24.0 Å². The highest BCUT2D eigenvalue weighted by Crippen LogP contribution is 2.29. The van der Waals surface area contributed by atoms with Crippen LogP contribution in [0, 0.1) is 0 Å². The van der Waals surface area contributed by atoms with E-state index in [1.165, 1.54) is 6.07 Å². The summed E-state index contributed by atoms with van der Waals surface area (Å²) < 4.78 is 42.5. The summed E-state index contributed by atoms with van der Waals surface area (Å²) in [6.07, 6.45) is -4.35. The van der Waals surface area contributed by atoms with Gasteiger partial charge in [-0.25, -0.2) is 4.99 Å². The van der Waals surface area contributed by atoms with Gasteiger partial charge in [-0.3, -0.25) is 0 Å². The number of alkyl halides is 3. The number of ether oxygens (including phenoxy) is 1. The van der Waals surface area contributed by atoms with Gasteiger partial charge in [-0.1, -0.05) is 12.1 Å². The van der Waals surface area contributed by atoms with Gasteiger partial charge in [0.05, 0.1) is 18.7 Å². The summed E-state index contributed by atoms with van der Waals surface area (Å²) in [7, 11) is 1.56. The first-order valence-electron chi connectivity index (χ1n) is 6.04. The van der Waals surface area contributed by atoms with E-state index < -0.39 is 11.7 Å². The molecule has 0 heterocycles. The molecule has 0 aliphatic carbocycles. The van der Waals surface area contributed by atoms with Crippen LogP contribution in [0.25, 0.3) is 0 Å². The normalized spacial score (nSPS) is 13.5. The standard InChI is InChI=1S/C13H18F3N3O.HI/c1-9(8-20-2)19-12(17)18-7-10-4-3-5-11(6-10)13(14,15)16;/h3-6,9H,7-8H2,1-2H3,(H3,17,18,19);1H. The van der Waals surface area contributed by atoms with Gasteiger partial charge in [-0.15, -0.1) is 24.0 Å². The third-order valence-electron chi connectivity index (χ3n) is 2.50. The molecule has 1 atom stereocenters. The number of guanidine groups is 1. The van der Waals surface area contributed by atoms with Crippen LogP contribution in [0.15, 0.2) is 29.3 Å².